The van der Waals surface area contributed by atoms with Crippen LogP contribution >= 0.6 is 11.8 Å². The zero-order chi connectivity index (χ0) is 15.4. The fraction of sp³-hybridized carbons (Fsp3) is 0.316. The van der Waals surface area contributed by atoms with Crippen molar-refractivity contribution in [1.82, 2.24) is 4.90 Å². The summed E-state index contributed by atoms with van der Waals surface area (Å²) in [5.74, 6) is 0.139. The number of nitrogens with zero attached hydrogens (tertiary/aromatic N) is 1. The average Bonchev–Trinajstić information content (AvgIpc) is 3.08. The molecule has 22 heavy (non-hydrogen) atoms. The van der Waals surface area contributed by atoms with Gasteiger partial charge in [0.05, 0.1) is 0 Å². The topological polar surface area (TPSA) is 20.3 Å². The number of likely N-dealkylation sites (tertiary alicyclic amines) is 1. The third kappa shape index (κ3) is 3.26. The Morgan fingerprint density at radius 3 is 2.36 bits per heavy atom. The Bertz CT molecular complexity index is 662. The van der Waals surface area contributed by atoms with Crippen molar-refractivity contribution in [2.45, 2.75) is 24.3 Å². The lowest BCUT2D eigenvalue weighted by Gasteiger charge is -2.17. The Kier molecular flexibility index (Phi) is 4.96. The molecule has 0 amide bonds. The fourth-order valence-corrected chi connectivity index (χ4v) is 3.63. The molecule has 0 aliphatic carbocycles. The van der Waals surface area contributed by atoms with Crippen molar-refractivity contribution in [2.75, 3.05) is 19.3 Å². The van der Waals surface area contributed by atoms with Gasteiger partial charge in [-0.1, -0.05) is 36.4 Å². The van der Waals surface area contributed by atoms with Crippen LogP contribution in [0.15, 0.2) is 53.4 Å². The average molecular weight is 311 g/mol. The van der Waals surface area contributed by atoms with Gasteiger partial charge in [-0.15, -0.1) is 11.8 Å². The van der Waals surface area contributed by atoms with Gasteiger partial charge in [0.2, 0.25) is 0 Å². The van der Waals surface area contributed by atoms with E-state index >= 15 is 0 Å². The van der Waals surface area contributed by atoms with Gasteiger partial charge in [0.15, 0.2) is 5.78 Å². The summed E-state index contributed by atoms with van der Waals surface area (Å²) in [7, 11) is 0. The van der Waals surface area contributed by atoms with E-state index in [1.54, 1.807) is 11.8 Å². The molecule has 0 atom stereocenters. The second-order valence-corrected chi connectivity index (χ2v) is 6.52. The molecule has 1 fully saturated rings. The van der Waals surface area contributed by atoms with Gasteiger partial charge >= 0.3 is 0 Å². The predicted molar refractivity (Wildman–Crippen MR) is 92.6 cm³/mol. The monoisotopic (exact) mass is 311 g/mol. The summed E-state index contributed by atoms with van der Waals surface area (Å²) in [5, 5.41) is 0. The molecule has 114 valence electrons. The lowest BCUT2D eigenvalue weighted by Crippen LogP contribution is -2.20. The van der Waals surface area contributed by atoms with Crippen LogP contribution in [0.4, 0.5) is 0 Å². The lowest BCUT2D eigenvalue weighted by molar-refractivity contribution is 0.103. The second kappa shape index (κ2) is 7.12. The van der Waals surface area contributed by atoms with Gasteiger partial charge in [0.1, 0.15) is 0 Å². The van der Waals surface area contributed by atoms with E-state index in [1.807, 2.05) is 48.7 Å². The van der Waals surface area contributed by atoms with Crippen molar-refractivity contribution in [3.05, 3.63) is 65.2 Å². The van der Waals surface area contributed by atoms with Gasteiger partial charge < -0.3 is 0 Å². The molecule has 3 heteroatoms. The zero-order valence-electron chi connectivity index (χ0n) is 12.9. The maximum atomic E-state index is 13.0. The zero-order valence-corrected chi connectivity index (χ0v) is 13.7. The highest BCUT2D eigenvalue weighted by atomic mass is 32.2. The van der Waals surface area contributed by atoms with Crippen LogP contribution < -0.4 is 0 Å². The largest absolute Gasteiger partial charge is 0.299 e. The molecule has 0 unspecified atom stereocenters. The van der Waals surface area contributed by atoms with Crippen LogP contribution in [0, 0.1) is 0 Å². The first-order chi connectivity index (χ1) is 10.8. The van der Waals surface area contributed by atoms with Gasteiger partial charge in [-0.3, -0.25) is 9.69 Å². The van der Waals surface area contributed by atoms with E-state index in [0.29, 0.717) is 0 Å². The molecule has 1 saturated heterocycles. The van der Waals surface area contributed by atoms with Crippen LogP contribution in [-0.2, 0) is 6.54 Å². The number of rotatable bonds is 5. The van der Waals surface area contributed by atoms with Crippen molar-refractivity contribution in [2.24, 2.45) is 0 Å². The Labute approximate surface area is 136 Å². The third-order valence-electron chi connectivity index (χ3n) is 4.21. The molecule has 0 radical (unpaired) electrons. The normalized spacial score (nSPS) is 15.1. The summed E-state index contributed by atoms with van der Waals surface area (Å²) < 4.78 is 0. The Hall–Kier alpha value is -1.58. The third-order valence-corrected chi connectivity index (χ3v) is 5.00. The minimum absolute atomic E-state index is 0.139. The molecule has 0 N–H and O–H groups in total. The second-order valence-electron chi connectivity index (χ2n) is 5.67. The number of carbonyl (C=O) groups is 1. The van der Waals surface area contributed by atoms with Gasteiger partial charge in [0.25, 0.3) is 0 Å². The van der Waals surface area contributed by atoms with Crippen molar-refractivity contribution in [3.63, 3.8) is 0 Å². The smallest absolute Gasteiger partial charge is 0.194 e. The first kappa shape index (κ1) is 15.3. The molecule has 0 saturated carbocycles. The molecular weight excluding hydrogens is 290 g/mol. The highest BCUT2D eigenvalue weighted by molar-refractivity contribution is 7.98. The summed E-state index contributed by atoms with van der Waals surface area (Å²) >= 11 is 1.63. The van der Waals surface area contributed by atoms with E-state index in [4.69, 9.17) is 0 Å². The molecular formula is C19H21NOS. The van der Waals surface area contributed by atoms with Crippen LogP contribution in [0.25, 0.3) is 0 Å². The molecule has 0 aromatic heterocycles. The van der Waals surface area contributed by atoms with E-state index in [2.05, 4.69) is 11.0 Å². The Morgan fingerprint density at radius 2 is 1.64 bits per heavy atom. The number of carbonyl (C=O) groups excluding carboxylic acids is 1. The minimum Gasteiger partial charge on any atom is -0.299 e. The Morgan fingerprint density at radius 1 is 1.00 bits per heavy atom. The van der Waals surface area contributed by atoms with Gasteiger partial charge in [0, 0.05) is 22.6 Å². The lowest BCUT2D eigenvalue weighted by atomic mass is 9.98. The summed E-state index contributed by atoms with van der Waals surface area (Å²) in [4.78, 5) is 16.5. The standard InChI is InChI=1S/C19H21NOS/c1-22-18-11-5-4-10-17(18)19(21)16-9-3-2-8-15(16)14-20-12-6-7-13-20/h2-5,8-11H,6-7,12-14H2,1H3. The molecule has 2 aromatic rings. The number of hydrogen-bond donors (Lipinski definition) is 0. The van der Waals surface area contributed by atoms with Crippen LogP contribution in [0.3, 0.4) is 0 Å². The summed E-state index contributed by atoms with van der Waals surface area (Å²) in [6, 6.07) is 15.9. The SMILES string of the molecule is CSc1ccccc1C(=O)c1ccccc1CN1CCCC1. The highest BCUT2D eigenvalue weighted by Crippen LogP contribution is 2.25. The van der Waals surface area contributed by atoms with E-state index in [1.165, 1.54) is 12.8 Å². The molecule has 1 aliphatic heterocycles. The first-order valence-electron chi connectivity index (χ1n) is 7.77. The van der Waals surface area contributed by atoms with Crippen LogP contribution in [0.5, 0.6) is 0 Å². The van der Waals surface area contributed by atoms with Crippen LogP contribution in [0.1, 0.15) is 34.3 Å². The molecule has 2 aromatic carbocycles. The van der Waals surface area contributed by atoms with Crippen molar-refractivity contribution >= 4 is 17.5 Å². The molecule has 3 rings (SSSR count). The quantitative estimate of drug-likeness (QED) is 0.608. The van der Waals surface area contributed by atoms with Crippen LogP contribution in [-0.4, -0.2) is 30.0 Å². The fourth-order valence-electron chi connectivity index (χ4n) is 3.04. The van der Waals surface area contributed by atoms with E-state index in [9.17, 15) is 4.79 Å². The predicted octanol–water partition coefficient (Wildman–Crippen LogP) is 4.24. The number of thioether (sulfide) groups is 1. The van der Waals surface area contributed by atoms with Gasteiger partial charge in [-0.2, -0.15) is 0 Å². The first-order valence-corrected chi connectivity index (χ1v) is 9.00. The van der Waals surface area contributed by atoms with Crippen molar-refractivity contribution < 1.29 is 4.79 Å². The van der Waals surface area contributed by atoms with Crippen molar-refractivity contribution in [1.29, 1.82) is 0 Å². The summed E-state index contributed by atoms with van der Waals surface area (Å²) in [6.07, 6.45) is 4.55. The van der Waals surface area contributed by atoms with Crippen LogP contribution in [0.2, 0.25) is 0 Å². The number of hydrogen-bond acceptors (Lipinski definition) is 3. The maximum absolute atomic E-state index is 13.0. The summed E-state index contributed by atoms with van der Waals surface area (Å²) in [5.41, 5.74) is 2.80. The van der Waals surface area contributed by atoms with E-state index in [-0.39, 0.29) is 5.78 Å². The molecule has 0 spiro atoms. The van der Waals surface area contributed by atoms with E-state index < -0.39 is 0 Å². The number of benzene rings is 2. The van der Waals surface area contributed by atoms with Crippen molar-refractivity contribution in [3.8, 4) is 0 Å². The highest BCUT2D eigenvalue weighted by Gasteiger charge is 2.19. The Balaban J connectivity index is 1.92. The maximum Gasteiger partial charge on any atom is 0.194 e. The van der Waals surface area contributed by atoms with E-state index in [0.717, 1.165) is 41.2 Å². The molecule has 1 heterocycles. The summed E-state index contributed by atoms with van der Waals surface area (Å²) in [6.45, 7) is 3.16. The molecule has 0 bridgehead atoms. The van der Waals surface area contributed by atoms with Gasteiger partial charge in [-0.25, -0.2) is 0 Å². The van der Waals surface area contributed by atoms with Gasteiger partial charge in [-0.05, 0) is 49.9 Å². The molecule has 2 nitrogen and oxygen atoms in total. The number of ketones is 1. The minimum atomic E-state index is 0.139. The molecule has 1 aliphatic rings.